The molecular weight excluding hydrogens is 346 g/mol. The van der Waals surface area contributed by atoms with E-state index in [-0.39, 0.29) is 29.9 Å². The number of benzene rings is 1. The van der Waals surface area contributed by atoms with Gasteiger partial charge < -0.3 is 20.5 Å². The van der Waals surface area contributed by atoms with Gasteiger partial charge in [0.2, 0.25) is 11.8 Å². The third-order valence-corrected chi connectivity index (χ3v) is 4.68. The number of carbonyl (C=O) groups is 2. The van der Waals surface area contributed by atoms with Crippen LogP contribution in [0.5, 0.6) is 5.88 Å². The molecule has 1 fully saturated rings. The minimum atomic E-state index is -0.330. The standard InChI is InChI=1S/C20H23N3O4/c1-12(24)22-16-5-3-4-13(8-16)20(26)23-19(15-9-17(25)10-15)14-6-7-18(27-2)21-11-14/h3-8,11,15,17,19,25H,9-10H2,1-2H3,(H,22,24)(H,23,26)/t15?,17?,19-/m1/s1. The maximum Gasteiger partial charge on any atom is 0.251 e. The first-order valence-electron chi connectivity index (χ1n) is 8.83. The van der Waals surface area contributed by atoms with Gasteiger partial charge in [-0.25, -0.2) is 4.98 Å². The Bertz CT molecular complexity index is 816. The fourth-order valence-electron chi connectivity index (χ4n) is 3.24. The molecule has 1 atom stereocenters. The van der Waals surface area contributed by atoms with E-state index in [4.69, 9.17) is 4.74 Å². The van der Waals surface area contributed by atoms with Crippen LogP contribution in [0.1, 0.15) is 41.7 Å². The Balaban J connectivity index is 1.79. The van der Waals surface area contributed by atoms with Crippen molar-refractivity contribution >= 4 is 17.5 Å². The molecule has 3 rings (SSSR count). The Morgan fingerprint density at radius 2 is 2.04 bits per heavy atom. The van der Waals surface area contributed by atoms with E-state index in [0.29, 0.717) is 30.0 Å². The number of rotatable bonds is 6. The molecule has 7 heteroatoms. The summed E-state index contributed by atoms with van der Waals surface area (Å²) in [5.74, 6) is 0.195. The van der Waals surface area contributed by atoms with Crippen LogP contribution in [0.15, 0.2) is 42.6 Å². The molecule has 2 aromatic rings. The molecule has 2 amide bonds. The van der Waals surface area contributed by atoms with E-state index in [2.05, 4.69) is 15.6 Å². The Hall–Kier alpha value is -2.93. The van der Waals surface area contributed by atoms with Crippen molar-refractivity contribution in [2.24, 2.45) is 5.92 Å². The zero-order valence-electron chi connectivity index (χ0n) is 15.3. The summed E-state index contributed by atoms with van der Waals surface area (Å²) >= 11 is 0. The highest BCUT2D eigenvalue weighted by Gasteiger charge is 2.36. The Morgan fingerprint density at radius 1 is 1.26 bits per heavy atom. The summed E-state index contributed by atoms with van der Waals surface area (Å²) in [6, 6.07) is 10.1. The van der Waals surface area contributed by atoms with Gasteiger partial charge in [0.25, 0.3) is 5.91 Å². The van der Waals surface area contributed by atoms with Crippen molar-refractivity contribution in [1.82, 2.24) is 10.3 Å². The highest BCUT2D eigenvalue weighted by Crippen LogP contribution is 2.38. The molecule has 1 saturated carbocycles. The number of hydrogen-bond acceptors (Lipinski definition) is 5. The van der Waals surface area contributed by atoms with E-state index < -0.39 is 0 Å². The highest BCUT2D eigenvalue weighted by molar-refractivity contribution is 5.97. The largest absolute Gasteiger partial charge is 0.481 e. The van der Waals surface area contributed by atoms with Crippen molar-refractivity contribution in [3.05, 3.63) is 53.7 Å². The SMILES string of the molecule is COc1ccc([C@@H](NC(=O)c2cccc(NC(C)=O)c2)C2CC(O)C2)cn1. The first-order valence-corrected chi connectivity index (χ1v) is 8.83. The molecule has 142 valence electrons. The third kappa shape index (κ3) is 4.62. The van der Waals surface area contributed by atoms with E-state index in [1.54, 1.807) is 43.6 Å². The highest BCUT2D eigenvalue weighted by atomic mass is 16.5. The van der Waals surface area contributed by atoms with Gasteiger partial charge in [0, 0.05) is 30.4 Å². The number of anilines is 1. The minimum absolute atomic E-state index is 0.137. The van der Waals surface area contributed by atoms with Crippen molar-refractivity contribution < 1.29 is 19.4 Å². The molecule has 1 aliphatic rings. The predicted molar refractivity (Wildman–Crippen MR) is 100 cm³/mol. The van der Waals surface area contributed by atoms with Gasteiger partial charge in [0.15, 0.2) is 0 Å². The molecule has 1 aromatic heterocycles. The fraction of sp³-hybridized carbons (Fsp3) is 0.350. The molecule has 3 N–H and O–H groups in total. The van der Waals surface area contributed by atoms with E-state index in [0.717, 1.165) is 5.56 Å². The number of amides is 2. The smallest absolute Gasteiger partial charge is 0.251 e. The molecule has 7 nitrogen and oxygen atoms in total. The molecular formula is C20H23N3O4. The minimum Gasteiger partial charge on any atom is -0.481 e. The van der Waals surface area contributed by atoms with Crippen LogP contribution in [0.4, 0.5) is 5.69 Å². The van der Waals surface area contributed by atoms with Crippen LogP contribution in [0, 0.1) is 5.92 Å². The fourth-order valence-corrected chi connectivity index (χ4v) is 3.24. The summed E-state index contributed by atoms with van der Waals surface area (Å²) in [5.41, 5.74) is 1.88. The van der Waals surface area contributed by atoms with Crippen molar-refractivity contribution in [3.8, 4) is 5.88 Å². The van der Waals surface area contributed by atoms with Crippen molar-refractivity contribution in [3.63, 3.8) is 0 Å². The van der Waals surface area contributed by atoms with Crippen LogP contribution >= 0.6 is 0 Å². The zero-order chi connectivity index (χ0) is 19.4. The molecule has 0 saturated heterocycles. The van der Waals surface area contributed by atoms with Gasteiger partial charge in [-0.2, -0.15) is 0 Å². The third-order valence-electron chi connectivity index (χ3n) is 4.68. The zero-order valence-corrected chi connectivity index (χ0v) is 15.3. The van der Waals surface area contributed by atoms with Gasteiger partial charge in [-0.3, -0.25) is 9.59 Å². The van der Waals surface area contributed by atoms with Crippen LogP contribution in [0.3, 0.4) is 0 Å². The van der Waals surface area contributed by atoms with Gasteiger partial charge in [-0.15, -0.1) is 0 Å². The number of ether oxygens (including phenoxy) is 1. The van der Waals surface area contributed by atoms with Crippen LogP contribution in [-0.2, 0) is 4.79 Å². The van der Waals surface area contributed by atoms with Crippen LogP contribution < -0.4 is 15.4 Å². The van der Waals surface area contributed by atoms with Crippen LogP contribution in [0.25, 0.3) is 0 Å². The molecule has 0 bridgehead atoms. The van der Waals surface area contributed by atoms with Crippen molar-refractivity contribution in [2.45, 2.75) is 31.9 Å². The summed E-state index contributed by atoms with van der Waals surface area (Å²) in [7, 11) is 1.55. The number of nitrogens with zero attached hydrogens (tertiary/aromatic N) is 1. The first kappa shape index (κ1) is 18.8. The van der Waals surface area contributed by atoms with Gasteiger partial charge in [0.1, 0.15) is 0 Å². The number of methoxy groups -OCH3 is 1. The number of carbonyl (C=O) groups excluding carboxylic acids is 2. The van der Waals surface area contributed by atoms with Gasteiger partial charge in [-0.1, -0.05) is 12.1 Å². The monoisotopic (exact) mass is 369 g/mol. The van der Waals surface area contributed by atoms with Gasteiger partial charge >= 0.3 is 0 Å². The molecule has 27 heavy (non-hydrogen) atoms. The first-order chi connectivity index (χ1) is 13.0. The summed E-state index contributed by atoms with van der Waals surface area (Å²) in [5, 5.41) is 15.4. The quantitative estimate of drug-likeness (QED) is 0.725. The Morgan fingerprint density at radius 3 is 2.63 bits per heavy atom. The summed E-state index contributed by atoms with van der Waals surface area (Å²) in [6.45, 7) is 1.42. The molecule has 0 spiro atoms. The average molecular weight is 369 g/mol. The lowest BCUT2D eigenvalue weighted by molar-refractivity contribution is -0.114. The van der Waals surface area contributed by atoms with Crippen molar-refractivity contribution in [1.29, 1.82) is 0 Å². The Labute approximate surface area is 157 Å². The molecule has 0 aliphatic heterocycles. The number of aliphatic hydroxyl groups is 1. The van der Waals surface area contributed by atoms with E-state index >= 15 is 0 Å². The average Bonchev–Trinajstić information content (AvgIpc) is 2.63. The van der Waals surface area contributed by atoms with E-state index in [9.17, 15) is 14.7 Å². The summed E-state index contributed by atoms with van der Waals surface area (Å²) in [4.78, 5) is 28.2. The number of pyridine rings is 1. The van der Waals surface area contributed by atoms with Gasteiger partial charge in [0.05, 0.1) is 19.3 Å². The lowest BCUT2D eigenvalue weighted by Gasteiger charge is -2.38. The number of nitrogens with one attached hydrogen (secondary N) is 2. The Kier molecular flexibility index (Phi) is 5.71. The maximum atomic E-state index is 12.8. The molecule has 1 heterocycles. The molecule has 0 radical (unpaired) electrons. The lowest BCUT2D eigenvalue weighted by Crippen LogP contribution is -2.41. The molecule has 1 aromatic carbocycles. The second kappa shape index (κ2) is 8.18. The second-order valence-corrected chi connectivity index (χ2v) is 6.73. The lowest BCUT2D eigenvalue weighted by atomic mass is 9.75. The van der Waals surface area contributed by atoms with E-state index in [1.165, 1.54) is 6.92 Å². The number of aliphatic hydroxyl groups excluding tert-OH is 1. The van der Waals surface area contributed by atoms with E-state index in [1.807, 2.05) is 6.07 Å². The van der Waals surface area contributed by atoms with Gasteiger partial charge in [-0.05, 0) is 42.5 Å². The van der Waals surface area contributed by atoms with Crippen LogP contribution in [-0.4, -0.2) is 35.1 Å². The molecule has 0 unspecified atom stereocenters. The second-order valence-electron chi connectivity index (χ2n) is 6.73. The topological polar surface area (TPSA) is 101 Å². The summed E-state index contributed by atoms with van der Waals surface area (Å²) < 4.78 is 5.09. The van der Waals surface area contributed by atoms with Crippen molar-refractivity contribution in [2.75, 3.05) is 12.4 Å². The molecule has 1 aliphatic carbocycles. The number of aromatic nitrogens is 1. The predicted octanol–water partition coefficient (Wildman–Crippen LogP) is 2.29. The normalized spacial score (nSPS) is 19.5. The summed E-state index contributed by atoms with van der Waals surface area (Å²) in [6.07, 6.45) is 2.61. The van der Waals surface area contributed by atoms with Crippen LogP contribution in [0.2, 0.25) is 0 Å². The number of hydrogen-bond donors (Lipinski definition) is 3. The maximum absolute atomic E-state index is 12.8.